The van der Waals surface area contributed by atoms with Gasteiger partial charge in [0.15, 0.2) is 0 Å². The minimum absolute atomic E-state index is 0.210. The van der Waals surface area contributed by atoms with E-state index in [0.717, 1.165) is 17.0 Å². The largest absolute Gasteiger partial charge is 0.287 e. The van der Waals surface area contributed by atoms with Crippen LogP contribution in [0.1, 0.15) is 32.2 Å². The van der Waals surface area contributed by atoms with Gasteiger partial charge in [-0.1, -0.05) is 23.7 Å². The molecule has 2 amide bonds. The van der Waals surface area contributed by atoms with Crippen LogP contribution >= 0.6 is 11.6 Å². The number of rotatable bonds is 3. The lowest BCUT2D eigenvalue weighted by Crippen LogP contribution is -2.41. The van der Waals surface area contributed by atoms with E-state index in [0.29, 0.717) is 10.7 Å². The van der Waals surface area contributed by atoms with E-state index < -0.39 is 11.8 Å². The van der Waals surface area contributed by atoms with Gasteiger partial charge in [0.25, 0.3) is 11.8 Å². The van der Waals surface area contributed by atoms with E-state index in [1.165, 1.54) is 0 Å². The van der Waals surface area contributed by atoms with Crippen molar-refractivity contribution < 1.29 is 9.59 Å². The summed E-state index contributed by atoms with van der Waals surface area (Å²) in [5, 5.41) is 11.5. The normalized spacial score (nSPS) is 10.6. The Morgan fingerprint density at radius 1 is 1.15 bits per heavy atom. The summed E-state index contributed by atoms with van der Waals surface area (Å²) in [6, 6.07) is 8.16. The molecule has 0 fully saturated rings. The summed E-state index contributed by atoms with van der Waals surface area (Å²) < 4.78 is 1.75. The first-order valence-electron chi connectivity index (χ1n) is 7.79. The smallest absolute Gasteiger partial charge is 0.272 e. The Balaban J connectivity index is 1.71. The zero-order valence-corrected chi connectivity index (χ0v) is 15.2. The van der Waals surface area contributed by atoms with Gasteiger partial charge in [-0.15, -0.1) is 0 Å². The number of halogens is 1. The highest BCUT2D eigenvalue weighted by Crippen LogP contribution is 2.25. The number of amides is 2. The van der Waals surface area contributed by atoms with Gasteiger partial charge in [0.2, 0.25) is 0 Å². The van der Waals surface area contributed by atoms with Crippen LogP contribution in [-0.4, -0.2) is 31.8 Å². The molecule has 1 aromatic carbocycles. The van der Waals surface area contributed by atoms with Gasteiger partial charge in [-0.05, 0) is 32.0 Å². The van der Waals surface area contributed by atoms with E-state index >= 15 is 0 Å². The second-order valence-electron chi connectivity index (χ2n) is 5.72. The first kappa shape index (κ1) is 17.7. The standard InChI is InChI=1S/C17H17ClN6O2/c1-9-15(10(2)24(3)23-9)13-8-14(20-19-13)17(26)22-21-16(25)11-6-4-5-7-12(11)18/h4-8H,1-3H3,(H,19,20)(H,21,25)(H,22,26). The number of aromatic nitrogens is 4. The van der Waals surface area contributed by atoms with Crippen LogP contribution in [0.5, 0.6) is 0 Å². The molecule has 0 unspecified atom stereocenters. The van der Waals surface area contributed by atoms with Crippen molar-refractivity contribution in [2.75, 3.05) is 0 Å². The lowest BCUT2D eigenvalue weighted by Gasteiger charge is -2.07. The number of nitrogens with one attached hydrogen (secondary N) is 3. The molecule has 0 spiro atoms. The summed E-state index contributed by atoms with van der Waals surface area (Å²) in [7, 11) is 1.84. The number of hydrazine groups is 1. The lowest BCUT2D eigenvalue weighted by atomic mass is 10.1. The summed E-state index contributed by atoms with van der Waals surface area (Å²) in [5.74, 6) is -1.04. The van der Waals surface area contributed by atoms with Crippen LogP contribution < -0.4 is 10.9 Å². The first-order valence-corrected chi connectivity index (χ1v) is 8.17. The molecule has 0 saturated heterocycles. The molecule has 3 aromatic rings. The molecule has 2 heterocycles. The van der Waals surface area contributed by atoms with Gasteiger partial charge in [0.05, 0.1) is 22.0 Å². The molecule has 3 rings (SSSR count). The van der Waals surface area contributed by atoms with Gasteiger partial charge >= 0.3 is 0 Å². The third kappa shape index (κ3) is 3.31. The highest BCUT2D eigenvalue weighted by molar-refractivity contribution is 6.33. The van der Waals surface area contributed by atoms with Crippen molar-refractivity contribution in [2.45, 2.75) is 13.8 Å². The fourth-order valence-electron chi connectivity index (χ4n) is 2.60. The van der Waals surface area contributed by atoms with E-state index in [1.54, 1.807) is 35.0 Å². The fraction of sp³-hybridized carbons (Fsp3) is 0.176. The number of nitrogens with zero attached hydrogens (tertiary/aromatic N) is 3. The molecule has 0 atom stereocenters. The molecule has 134 valence electrons. The predicted molar refractivity (Wildman–Crippen MR) is 96.6 cm³/mol. The summed E-state index contributed by atoms with van der Waals surface area (Å²) in [6.07, 6.45) is 0. The summed E-state index contributed by atoms with van der Waals surface area (Å²) in [6.45, 7) is 3.80. The number of hydrogen-bond acceptors (Lipinski definition) is 4. The van der Waals surface area contributed by atoms with Gasteiger partial charge < -0.3 is 0 Å². The number of benzene rings is 1. The maximum absolute atomic E-state index is 12.2. The molecule has 0 radical (unpaired) electrons. The zero-order chi connectivity index (χ0) is 18.8. The Hall–Kier alpha value is -3.13. The third-order valence-corrected chi connectivity index (χ3v) is 4.33. The molecule has 8 nitrogen and oxygen atoms in total. The second kappa shape index (κ2) is 7.01. The SMILES string of the molecule is Cc1nn(C)c(C)c1-c1cc(C(=O)NNC(=O)c2ccccc2Cl)[nH]n1. The Morgan fingerprint density at radius 2 is 1.85 bits per heavy atom. The summed E-state index contributed by atoms with van der Waals surface area (Å²) >= 11 is 5.96. The Morgan fingerprint density at radius 3 is 2.50 bits per heavy atom. The minimum Gasteiger partial charge on any atom is -0.272 e. The Labute approximate surface area is 154 Å². The van der Waals surface area contributed by atoms with Gasteiger partial charge in [-0.2, -0.15) is 10.2 Å². The topological polar surface area (TPSA) is 105 Å². The molecule has 0 aliphatic carbocycles. The monoisotopic (exact) mass is 372 g/mol. The van der Waals surface area contributed by atoms with Crippen molar-refractivity contribution in [1.29, 1.82) is 0 Å². The Bertz CT molecular complexity index is 991. The summed E-state index contributed by atoms with van der Waals surface area (Å²) in [5.41, 5.74) is 8.36. The second-order valence-corrected chi connectivity index (χ2v) is 6.13. The number of H-pyrrole nitrogens is 1. The van der Waals surface area contributed by atoms with Crippen molar-refractivity contribution in [2.24, 2.45) is 7.05 Å². The van der Waals surface area contributed by atoms with Crippen molar-refractivity contribution in [3.8, 4) is 11.3 Å². The molecule has 0 aliphatic heterocycles. The number of carbonyl (C=O) groups excluding carboxylic acids is 2. The molecule has 2 aromatic heterocycles. The van der Waals surface area contributed by atoms with E-state index in [9.17, 15) is 9.59 Å². The lowest BCUT2D eigenvalue weighted by molar-refractivity contribution is 0.0844. The minimum atomic E-state index is -0.525. The molecule has 0 bridgehead atoms. The molecular formula is C17H17ClN6O2. The number of hydrogen-bond donors (Lipinski definition) is 3. The zero-order valence-electron chi connectivity index (χ0n) is 14.4. The van der Waals surface area contributed by atoms with E-state index in [-0.39, 0.29) is 11.3 Å². The van der Waals surface area contributed by atoms with Crippen molar-refractivity contribution in [1.82, 2.24) is 30.8 Å². The average Bonchev–Trinajstić information content (AvgIpc) is 3.18. The predicted octanol–water partition coefficient (Wildman–Crippen LogP) is 2.16. The maximum Gasteiger partial charge on any atom is 0.287 e. The van der Waals surface area contributed by atoms with Crippen LogP contribution in [0, 0.1) is 13.8 Å². The molecule has 0 saturated carbocycles. The van der Waals surface area contributed by atoms with Crippen LogP contribution in [0.2, 0.25) is 5.02 Å². The van der Waals surface area contributed by atoms with Gasteiger partial charge in [-0.3, -0.25) is 30.2 Å². The van der Waals surface area contributed by atoms with E-state index in [1.807, 2.05) is 20.9 Å². The Kier molecular flexibility index (Phi) is 4.77. The molecule has 3 N–H and O–H groups in total. The van der Waals surface area contributed by atoms with Crippen molar-refractivity contribution in [3.05, 3.63) is 58.0 Å². The highest BCUT2D eigenvalue weighted by Gasteiger charge is 2.18. The van der Waals surface area contributed by atoms with Crippen molar-refractivity contribution in [3.63, 3.8) is 0 Å². The maximum atomic E-state index is 12.2. The molecule has 9 heteroatoms. The quantitative estimate of drug-likeness (QED) is 0.612. The summed E-state index contributed by atoms with van der Waals surface area (Å²) in [4.78, 5) is 24.3. The van der Waals surface area contributed by atoms with Gasteiger partial charge in [0.1, 0.15) is 5.69 Å². The van der Waals surface area contributed by atoms with Crippen LogP contribution in [0.4, 0.5) is 0 Å². The molecule has 0 aliphatic rings. The van der Waals surface area contributed by atoms with Crippen molar-refractivity contribution >= 4 is 23.4 Å². The first-order chi connectivity index (χ1) is 12.4. The van der Waals surface area contributed by atoms with Gasteiger partial charge in [0, 0.05) is 18.3 Å². The number of carbonyl (C=O) groups is 2. The van der Waals surface area contributed by atoms with Crippen LogP contribution in [0.3, 0.4) is 0 Å². The fourth-order valence-corrected chi connectivity index (χ4v) is 2.83. The van der Waals surface area contributed by atoms with E-state index in [2.05, 4.69) is 26.1 Å². The molecular weight excluding hydrogens is 356 g/mol. The van der Waals surface area contributed by atoms with Crippen LogP contribution in [0.15, 0.2) is 30.3 Å². The molecule has 26 heavy (non-hydrogen) atoms. The van der Waals surface area contributed by atoms with Crippen LogP contribution in [-0.2, 0) is 7.05 Å². The highest BCUT2D eigenvalue weighted by atomic mass is 35.5. The number of aromatic amines is 1. The van der Waals surface area contributed by atoms with Gasteiger partial charge in [-0.25, -0.2) is 0 Å². The van der Waals surface area contributed by atoms with E-state index in [4.69, 9.17) is 11.6 Å². The number of aryl methyl sites for hydroxylation is 2. The average molecular weight is 373 g/mol. The third-order valence-electron chi connectivity index (χ3n) is 4.00. The van der Waals surface area contributed by atoms with Crippen LogP contribution in [0.25, 0.3) is 11.3 Å².